The zero-order valence-electron chi connectivity index (χ0n) is 9.93. The Morgan fingerprint density at radius 2 is 1.88 bits per heavy atom. The van der Waals surface area contributed by atoms with E-state index in [0.29, 0.717) is 6.61 Å². The molecule has 4 heteroatoms. The summed E-state index contributed by atoms with van der Waals surface area (Å²) < 4.78 is 15.5. The Hall–Kier alpha value is -0.710. The van der Waals surface area contributed by atoms with E-state index < -0.39 is 0 Å². The van der Waals surface area contributed by atoms with Gasteiger partial charge in [0.15, 0.2) is 6.29 Å². The molecule has 0 aromatic heterocycles. The van der Waals surface area contributed by atoms with Crippen LogP contribution < -0.4 is 4.74 Å². The molecule has 0 N–H and O–H groups in total. The maximum absolute atomic E-state index is 5.39. The van der Waals surface area contributed by atoms with Crippen LogP contribution in [-0.4, -0.2) is 32.9 Å². The van der Waals surface area contributed by atoms with E-state index >= 15 is 0 Å². The summed E-state index contributed by atoms with van der Waals surface area (Å²) in [6.45, 7) is 2.57. The molecule has 1 unspecified atom stereocenters. The van der Waals surface area contributed by atoms with Gasteiger partial charge < -0.3 is 14.2 Å². The van der Waals surface area contributed by atoms with Crippen LogP contribution in [0.2, 0.25) is 0 Å². The summed E-state index contributed by atoms with van der Waals surface area (Å²) in [5.74, 6) is 1.80. The number of thioether (sulfide) groups is 1. The molecule has 0 aliphatic carbocycles. The first-order valence-corrected chi connectivity index (χ1v) is 6.16. The fraction of sp³-hybridized carbons (Fsp3) is 0.500. The van der Waals surface area contributed by atoms with Crippen molar-refractivity contribution in [3.8, 4) is 5.75 Å². The highest BCUT2D eigenvalue weighted by Crippen LogP contribution is 2.20. The van der Waals surface area contributed by atoms with Crippen molar-refractivity contribution in [2.24, 2.45) is 0 Å². The average Bonchev–Trinajstić information content (AvgIpc) is 2.35. The normalized spacial score (nSPS) is 12.4. The molecule has 1 aromatic rings. The molecule has 0 saturated carbocycles. The minimum atomic E-state index is -0.128. The van der Waals surface area contributed by atoms with E-state index in [-0.39, 0.29) is 6.29 Å². The third kappa shape index (κ3) is 4.88. The molecule has 0 heterocycles. The first-order valence-electron chi connectivity index (χ1n) is 5.17. The van der Waals surface area contributed by atoms with Gasteiger partial charge in [-0.2, -0.15) is 0 Å². The van der Waals surface area contributed by atoms with Gasteiger partial charge in [0.25, 0.3) is 0 Å². The first kappa shape index (κ1) is 13.4. The van der Waals surface area contributed by atoms with Gasteiger partial charge in [-0.05, 0) is 31.2 Å². The maximum atomic E-state index is 5.39. The quantitative estimate of drug-likeness (QED) is 0.417. The van der Waals surface area contributed by atoms with Gasteiger partial charge in [0, 0.05) is 17.8 Å². The molecule has 1 aromatic carbocycles. The van der Waals surface area contributed by atoms with E-state index in [0.717, 1.165) is 11.5 Å². The Balaban J connectivity index is 2.21. The zero-order chi connectivity index (χ0) is 11.8. The number of hydrogen-bond acceptors (Lipinski definition) is 4. The van der Waals surface area contributed by atoms with Gasteiger partial charge in [0.2, 0.25) is 0 Å². The van der Waals surface area contributed by atoms with Crippen molar-refractivity contribution < 1.29 is 14.2 Å². The van der Waals surface area contributed by atoms with Crippen molar-refractivity contribution in [3.05, 3.63) is 24.3 Å². The number of rotatable bonds is 7. The Kier molecular flexibility index (Phi) is 6.30. The highest BCUT2D eigenvalue weighted by atomic mass is 32.2. The highest BCUT2D eigenvalue weighted by Gasteiger charge is 1.99. The standard InChI is InChI=1S/C12H18O3S/c1-10(13-2)15-8-9-16-12-6-4-11(14-3)5-7-12/h4-7,10H,8-9H2,1-3H3. The monoisotopic (exact) mass is 242 g/mol. The van der Waals surface area contributed by atoms with Gasteiger partial charge in [-0.1, -0.05) is 0 Å². The third-order valence-corrected chi connectivity index (χ3v) is 3.07. The molecule has 0 amide bonds. The molecule has 16 heavy (non-hydrogen) atoms. The van der Waals surface area contributed by atoms with Crippen LogP contribution in [0.4, 0.5) is 0 Å². The van der Waals surface area contributed by atoms with Gasteiger partial charge in [-0.25, -0.2) is 0 Å². The van der Waals surface area contributed by atoms with E-state index in [1.165, 1.54) is 4.90 Å². The van der Waals surface area contributed by atoms with Crippen LogP contribution in [0.3, 0.4) is 0 Å². The summed E-state index contributed by atoms with van der Waals surface area (Å²) in [7, 11) is 3.31. The average molecular weight is 242 g/mol. The molecular formula is C12H18O3S. The van der Waals surface area contributed by atoms with Crippen LogP contribution in [0.5, 0.6) is 5.75 Å². The second-order valence-corrected chi connectivity index (χ2v) is 4.37. The maximum Gasteiger partial charge on any atom is 0.154 e. The lowest BCUT2D eigenvalue weighted by molar-refractivity contribution is -0.105. The predicted octanol–water partition coefficient (Wildman–Crippen LogP) is 2.80. The Labute approximate surface area is 101 Å². The molecule has 0 aliphatic rings. The molecule has 0 spiro atoms. The Morgan fingerprint density at radius 3 is 2.44 bits per heavy atom. The minimum Gasteiger partial charge on any atom is -0.497 e. The van der Waals surface area contributed by atoms with E-state index in [1.54, 1.807) is 26.0 Å². The van der Waals surface area contributed by atoms with Gasteiger partial charge in [0.05, 0.1) is 13.7 Å². The number of ether oxygens (including phenoxy) is 3. The number of benzene rings is 1. The minimum absolute atomic E-state index is 0.128. The molecule has 1 atom stereocenters. The van der Waals surface area contributed by atoms with Crippen molar-refractivity contribution in [1.29, 1.82) is 0 Å². The largest absolute Gasteiger partial charge is 0.497 e. The molecule has 3 nitrogen and oxygen atoms in total. The summed E-state index contributed by atoms with van der Waals surface area (Å²) in [6, 6.07) is 8.01. The molecule has 0 bridgehead atoms. The summed E-state index contributed by atoms with van der Waals surface area (Å²) in [5, 5.41) is 0. The molecule has 0 radical (unpaired) electrons. The molecule has 0 saturated heterocycles. The molecule has 90 valence electrons. The van der Waals surface area contributed by atoms with E-state index in [9.17, 15) is 0 Å². The fourth-order valence-corrected chi connectivity index (χ4v) is 1.86. The Bertz CT molecular complexity index is 287. The van der Waals surface area contributed by atoms with Crippen LogP contribution in [0.15, 0.2) is 29.2 Å². The van der Waals surface area contributed by atoms with Crippen molar-refractivity contribution in [3.63, 3.8) is 0 Å². The highest BCUT2D eigenvalue weighted by molar-refractivity contribution is 7.99. The fourth-order valence-electron chi connectivity index (χ4n) is 1.11. The van der Waals surface area contributed by atoms with Crippen LogP contribution >= 0.6 is 11.8 Å². The van der Waals surface area contributed by atoms with E-state index in [1.807, 2.05) is 31.2 Å². The van der Waals surface area contributed by atoms with Gasteiger partial charge in [-0.15, -0.1) is 11.8 Å². The summed E-state index contributed by atoms with van der Waals surface area (Å²) >= 11 is 1.76. The number of hydrogen-bond donors (Lipinski definition) is 0. The SMILES string of the molecule is COc1ccc(SCCOC(C)OC)cc1. The topological polar surface area (TPSA) is 27.7 Å². The van der Waals surface area contributed by atoms with Crippen molar-refractivity contribution in [2.45, 2.75) is 18.1 Å². The van der Waals surface area contributed by atoms with Crippen molar-refractivity contribution >= 4 is 11.8 Å². The second-order valence-electron chi connectivity index (χ2n) is 3.20. The van der Waals surface area contributed by atoms with Crippen LogP contribution in [0, 0.1) is 0 Å². The third-order valence-electron chi connectivity index (χ3n) is 2.10. The van der Waals surface area contributed by atoms with Crippen LogP contribution in [0.1, 0.15) is 6.92 Å². The Morgan fingerprint density at radius 1 is 1.19 bits per heavy atom. The van der Waals surface area contributed by atoms with Gasteiger partial charge in [0.1, 0.15) is 5.75 Å². The van der Waals surface area contributed by atoms with E-state index in [2.05, 4.69) is 0 Å². The lowest BCUT2D eigenvalue weighted by Crippen LogP contribution is -2.12. The molecular weight excluding hydrogens is 224 g/mol. The van der Waals surface area contributed by atoms with Gasteiger partial charge in [-0.3, -0.25) is 0 Å². The summed E-state index contributed by atoms with van der Waals surface area (Å²) in [5.41, 5.74) is 0. The van der Waals surface area contributed by atoms with Gasteiger partial charge >= 0.3 is 0 Å². The zero-order valence-corrected chi connectivity index (χ0v) is 10.8. The summed E-state index contributed by atoms with van der Waals surface area (Å²) in [4.78, 5) is 1.22. The first-order chi connectivity index (χ1) is 7.76. The molecule has 0 fully saturated rings. The van der Waals surface area contributed by atoms with Crippen LogP contribution in [0.25, 0.3) is 0 Å². The molecule has 1 rings (SSSR count). The lowest BCUT2D eigenvalue weighted by atomic mass is 10.3. The number of methoxy groups -OCH3 is 2. The molecule has 0 aliphatic heterocycles. The predicted molar refractivity (Wildman–Crippen MR) is 66.1 cm³/mol. The smallest absolute Gasteiger partial charge is 0.154 e. The van der Waals surface area contributed by atoms with E-state index in [4.69, 9.17) is 14.2 Å². The van der Waals surface area contributed by atoms with Crippen LogP contribution in [-0.2, 0) is 9.47 Å². The van der Waals surface area contributed by atoms with Crippen molar-refractivity contribution in [1.82, 2.24) is 0 Å². The lowest BCUT2D eigenvalue weighted by Gasteiger charge is -2.10. The van der Waals surface area contributed by atoms with Crippen molar-refractivity contribution in [2.75, 3.05) is 26.6 Å². The second kappa shape index (κ2) is 7.54. The summed E-state index contributed by atoms with van der Waals surface area (Å²) in [6.07, 6.45) is -0.128.